The highest BCUT2D eigenvalue weighted by atomic mass is 79.9. The van der Waals surface area contributed by atoms with Crippen LogP contribution in [0.2, 0.25) is 0 Å². The summed E-state index contributed by atoms with van der Waals surface area (Å²) in [5, 5.41) is 10.2. The van der Waals surface area contributed by atoms with Crippen molar-refractivity contribution in [1.29, 1.82) is 0 Å². The third kappa shape index (κ3) is 7.07. The minimum atomic E-state index is 0.223. The number of ether oxygens (including phenoxy) is 1. The van der Waals surface area contributed by atoms with Crippen LogP contribution in [0.25, 0.3) is 0 Å². The van der Waals surface area contributed by atoms with Gasteiger partial charge in [0.2, 0.25) is 0 Å². The van der Waals surface area contributed by atoms with Crippen LogP contribution in [0.4, 0.5) is 0 Å². The van der Waals surface area contributed by atoms with Crippen molar-refractivity contribution in [3.63, 3.8) is 0 Å². The molecule has 0 radical (unpaired) electrons. The van der Waals surface area contributed by atoms with Gasteiger partial charge in [-0.15, -0.1) is 0 Å². The van der Waals surface area contributed by atoms with Gasteiger partial charge in [-0.3, -0.25) is 4.90 Å². The molecule has 0 saturated carbocycles. The average molecular weight is 324 g/mol. The van der Waals surface area contributed by atoms with Gasteiger partial charge in [0.15, 0.2) is 0 Å². The molecule has 0 amide bonds. The highest BCUT2D eigenvalue weighted by molar-refractivity contribution is 9.09. The van der Waals surface area contributed by atoms with Gasteiger partial charge >= 0.3 is 0 Å². The zero-order valence-electron chi connectivity index (χ0n) is 12.3. The lowest BCUT2D eigenvalue weighted by molar-refractivity contribution is 0.0900. The Bertz CT molecular complexity index is 185. The minimum Gasteiger partial charge on any atom is -0.395 e. The number of hydrogen-bond acceptors (Lipinski definition) is 3. The molecule has 0 aliphatic heterocycles. The molecule has 0 aliphatic rings. The second-order valence-electron chi connectivity index (χ2n) is 5.13. The van der Waals surface area contributed by atoms with Crippen molar-refractivity contribution in [1.82, 2.24) is 4.90 Å². The molecule has 0 atom stereocenters. The van der Waals surface area contributed by atoms with E-state index in [1.807, 2.05) is 0 Å². The summed E-state index contributed by atoms with van der Waals surface area (Å²) in [7, 11) is 1.73. The predicted molar refractivity (Wildman–Crippen MR) is 81.4 cm³/mol. The molecule has 0 aromatic carbocycles. The molecule has 0 spiro atoms. The molecule has 0 aliphatic carbocycles. The SMILES string of the molecule is CCCC(CBr)(CCC)CN(CCO)CCOC. The molecule has 18 heavy (non-hydrogen) atoms. The first-order valence-corrected chi connectivity index (χ1v) is 8.18. The molecule has 0 unspecified atom stereocenters. The molecular formula is C14H30BrNO2. The van der Waals surface area contributed by atoms with E-state index in [0.717, 1.165) is 31.6 Å². The molecule has 0 aromatic heterocycles. The number of aliphatic hydroxyl groups is 1. The first kappa shape index (κ1) is 18.4. The lowest BCUT2D eigenvalue weighted by Gasteiger charge is -2.37. The summed E-state index contributed by atoms with van der Waals surface area (Å²) in [5.41, 5.74) is 0.340. The van der Waals surface area contributed by atoms with E-state index in [4.69, 9.17) is 4.74 Å². The first-order chi connectivity index (χ1) is 8.67. The molecule has 4 heteroatoms. The van der Waals surface area contributed by atoms with E-state index in [1.165, 1.54) is 25.7 Å². The van der Waals surface area contributed by atoms with Crippen molar-refractivity contribution in [2.24, 2.45) is 5.41 Å². The molecule has 0 fully saturated rings. The Hall–Kier alpha value is 0.360. The second kappa shape index (κ2) is 11.2. The molecule has 0 rings (SSSR count). The van der Waals surface area contributed by atoms with E-state index >= 15 is 0 Å². The third-order valence-electron chi connectivity index (χ3n) is 3.43. The third-order valence-corrected chi connectivity index (χ3v) is 4.62. The van der Waals surface area contributed by atoms with Crippen molar-refractivity contribution in [3.8, 4) is 0 Å². The summed E-state index contributed by atoms with van der Waals surface area (Å²) in [6, 6.07) is 0. The summed E-state index contributed by atoms with van der Waals surface area (Å²) in [6.07, 6.45) is 4.90. The standard InChI is InChI=1S/C14H30BrNO2/c1-4-6-14(12-15,7-5-2)13-16(8-10-17)9-11-18-3/h17H,4-13H2,1-3H3. The molecule has 0 aromatic rings. The summed E-state index contributed by atoms with van der Waals surface area (Å²) in [4.78, 5) is 2.33. The summed E-state index contributed by atoms with van der Waals surface area (Å²) in [5.74, 6) is 0. The highest BCUT2D eigenvalue weighted by Gasteiger charge is 2.29. The molecular weight excluding hydrogens is 294 g/mol. The van der Waals surface area contributed by atoms with E-state index in [2.05, 4.69) is 34.7 Å². The molecule has 0 saturated heterocycles. The first-order valence-electron chi connectivity index (χ1n) is 7.06. The van der Waals surface area contributed by atoms with Crippen LogP contribution in [-0.4, -0.2) is 55.3 Å². The normalized spacial score (nSPS) is 12.3. The van der Waals surface area contributed by atoms with Crippen LogP contribution in [0.3, 0.4) is 0 Å². The van der Waals surface area contributed by atoms with Gasteiger partial charge in [0.1, 0.15) is 0 Å². The zero-order chi connectivity index (χ0) is 13.9. The van der Waals surface area contributed by atoms with Gasteiger partial charge in [0.25, 0.3) is 0 Å². The van der Waals surface area contributed by atoms with Crippen LogP contribution in [0.5, 0.6) is 0 Å². The Balaban J connectivity index is 4.54. The van der Waals surface area contributed by atoms with Crippen LogP contribution < -0.4 is 0 Å². The molecule has 0 heterocycles. The summed E-state index contributed by atoms with van der Waals surface area (Å²) < 4.78 is 5.15. The van der Waals surface area contributed by atoms with Crippen LogP contribution >= 0.6 is 15.9 Å². The van der Waals surface area contributed by atoms with E-state index < -0.39 is 0 Å². The fourth-order valence-corrected chi connectivity index (χ4v) is 3.36. The van der Waals surface area contributed by atoms with Gasteiger partial charge in [0.05, 0.1) is 13.2 Å². The van der Waals surface area contributed by atoms with Gasteiger partial charge in [0, 0.05) is 32.1 Å². The average Bonchev–Trinajstić information content (AvgIpc) is 2.36. The van der Waals surface area contributed by atoms with E-state index in [-0.39, 0.29) is 6.61 Å². The smallest absolute Gasteiger partial charge is 0.0589 e. The second-order valence-corrected chi connectivity index (χ2v) is 5.69. The summed E-state index contributed by atoms with van der Waals surface area (Å²) >= 11 is 3.70. The summed E-state index contributed by atoms with van der Waals surface area (Å²) in [6.45, 7) is 8.14. The lowest BCUT2D eigenvalue weighted by atomic mass is 9.80. The Morgan fingerprint density at radius 1 is 1.17 bits per heavy atom. The highest BCUT2D eigenvalue weighted by Crippen LogP contribution is 2.33. The van der Waals surface area contributed by atoms with Gasteiger partial charge in [-0.2, -0.15) is 0 Å². The maximum Gasteiger partial charge on any atom is 0.0589 e. The maximum absolute atomic E-state index is 9.17. The number of methoxy groups -OCH3 is 1. The van der Waals surface area contributed by atoms with Gasteiger partial charge in [-0.25, -0.2) is 0 Å². The number of aliphatic hydroxyl groups excluding tert-OH is 1. The number of halogens is 1. The molecule has 3 nitrogen and oxygen atoms in total. The Labute approximate surface area is 121 Å². The van der Waals surface area contributed by atoms with Crippen molar-refractivity contribution in [2.45, 2.75) is 39.5 Å². The van der Waals surface area contributed by atoms with E-state index in [1.54, 1.807) is 7.11 Å². The largest absolute Gasteiger partial charge is 0.395 e. The molecule has 1 N–H and O–H groups in total. The topological polar surface area (TPSA) is 32.7 Å². The van der Waals surface area contributed by atoms with E-state index in [9.17, 15) is 5.11 Å². The number of alkyl halides is 1. The molecule has 110 valence electrons. The fourth-order valence-electron chi connectivity index (χ4n) is 2.63. The van der Waals surface area contributed by atoms with E-state index in [0.29, 0.717) is 5.41 Å². The van der Waals surface area contributed by atoms with Crippen LogP contribution in [0.15, 0.2) is 0 Å². The van der Waals surface area contributed by atoms with Crippen molar-refractivity contribution < 1.29 is 9.84 Å². The van der Waals surface area contributed by atoms with Gasteiger partial charge < -0.3 is 9.84 Å². The van der Waals surface area contributed by atoms with Crippen molar-refractivity contribution >= 4 is 15.9 Å². The lowest BCUT2D eigenvalue weighted by Crippen LogP contribution is -2.42. The maximum atomic E-state index is 9.17. The van der Waals surface area contributed by atoms with Crippen molar-refractivity contribution in [2.75, 3.05) is 45.3 Å². The Morgan fingerprint density at radius 3 is 2.17 bits per heavy atom. The predicted octanol–water partition coefficient (Wildman–Crippen LogP) is 2.91. The van der Waals surface area contributed by atoms with Gasteiger partial charge in [-0.1, -0.05) is 42.6 Å². The monoisotopic (exact) mass is 323 g/mol. The van der Waals surface area contributed by atoms with Crippen molar-refractivity contribution in [3.05, 3.63) is 0 Å². The molecule has 0 bridgehead atoms. The minimum absolute atomic E-state index is 0.223. The fraction of sp³-hybridized carbons (Fsp3) is 1.00. The Morgan fingerprint density at radius 2 is 1.78 bits per heavy atom. The number of hydrogen-bond donors (Lipinski definition) is 1. The van der Waals surface area contributed by atoms with Crippen LogP contribution in [0, 0.1) is 5.41 Å². The van der Waals surface area contributed by atoms with Gasteiger partial charge in [-0.05, 0) is 18.3 Å². The quantitative estimate of drug-likeness (QED) is 0.560. The van der Waals surface area contributed by atoms with Crippen LogP contribution in [-0.2, 0) is 4.74 Å². The van der Waals surface area contributed by atoms with Crippen LogP contribution in [0.1, 0.15) is 39.5 Å². The Kier molecular flexibility index (Phi) is 11.4. The number of nitrogens with zero attached hydrogens (tertiary/aromatic N) is 1. The number of rotatable bonds is 12. The zero-order valence-corrected chi connectivity index (χ0v) is 13.8.